The Hall–Kier alpha value is -2.68. The van der Waals surface area contributed by atoms with Crippen LogP contribution in [-0.2, 0) is 6.18 Å². The summed E-state index contributed by atoms with van der Waals surface area (Å²) in [5.74, 6) is 1.40. The van der Waals surface area contributed by atoms with Gasteiger partial charge in [0.1, 0.15) is 5.69 Å². The monoisotopic (exact) mass is 435 g/mol. The minimum absolute atomic E-state index is 0.0519. The summed E-state index contributed by atoms with van der Waals surface area (Å²) in [6.45, 7) is 1.18. The molecule has 0 radical (unpaired) electrons. The van der Waals surface area contributed by atoms with Crippen LogP contribution in [0, 0.1) is 5.41 Å². The van der Waals surface area contributed by atoms with Crippen molar-refractivity contribution in [2.45, 2.75) is 31.4 Å². The maximum atomic E-state index is 12.9. The Morgan fingerprint density at radius 2 is 1.93 bits per heavy atom. The van der Waals surface area contributed by atoms with Crippen molar-refractivity contribution in [3.8, 4) is 11.4 Å². The van der Waals surface area contributed by atoms with E-state index in [2.05, 4.69) is 20.1 Å². The number of benzene rings is 1. The van der Waals surface area contributed by atoms with E-state index in [4.69, 9.17) is 16.1 Å². The van der Waals surface area contributed by atoms with Crippen molar-refractivity contribution in [3.05, 3.63) is 53.1 Å². The van der Waals surface area contributed by atoms with Gasteiger partial charge >= 0.3 is 6.18 Å². The molecule has 1 unspecified atom stereocenters. The average Bonchev–Trinajstić information content (AvgIpc) is 3.20. The van der Waals surface area contributed by atoms with E-state index in [1.807, 2.05) is 12.1 Å². The predicted molar refractivity (Wildman–Crippen MR) is 103 cm³/mol. The number of piperidine rings is 1. The lowest BCUT2D eigenvalue weighted by atomic mass is 9.91. The van der Waals surface area contributed by atoms with Gasteiger partial charge in [-0.2, -0.15) is 18.2 Å². The topological polar surface area (TPSA) is 67.9 Å². The smallest absolute Gasteiger partial charge is 0.341 e. The maximum absolute atomic E-state index is 12.9. The summed E-state index contributed by atoms with van der Waals surface area (Å²) in [4.78, 5) is 14.1. The number of hydrogen-bond acceptors (Lipinski definition) is 6. The van der Waals surface area contributed by atoms with Crippen molar-refractivity contribution in [1.29, 1.82) is 0 Å². The third-order valence-corrected chi connectivity index (χ3v) is 6.22. The van der Waals surface area contributed by atoms with E-state index in [-0.39, 0.29) is 17.3 Å². The van der Waals surface area contributed by atoms with Crippen LogP contribution in [0.4, 0.5) is 19.1 Å². The summed E-state index contributed by atoms with van der Waals surface area (Å²) in [5.41, 5.74) is -0.0730. The predicted octanol–water partition coefficient (Wildman–Crippen LogP) is 4.97. The molecule has 30 heavy (non-hydrogen) atoms. The zero-order chi connectivity index (χ0) is 20.9. The number of hydrogen-bond donors (Lipinski definition) is 0. The first-order valence-corrected chi connectivity index (χ1v) is 9.97. The third-order valence-electron chi connectivity index (χ3n) is 5.99. The van der Waals surface area contributed by atoms with Crippen LogP contribution in [0.25, 0.3) is 11.4 Å². The van der Waals surface area contributed by atoms with Gasteiger partial charge in [0, 0.05) is 35.8 Å². The van der Waals surface area contributed by atoms with Crippen LogP contribution in [0.3, 0.4) is 0 Å². The quantitative estimate of drug-likeness (QED) is 0.578. The molecule has 0 amide bonds. The highest BCUT2D eigenvalue weighted by Gasteiger charge is 2.58. The van der Waals surface area contributed by atoms with Crippen LogP contribution in [0.15, 0.2) is 41.1 Å². The highest BCUT2D eigenvalue weighted by molar-refractivity contribution is 6.30. The van der Waals surface area contributed by atoms with Crippen LogP contribution in [0.1, 0.15) is 36.8 Å². The number of anilines is 1. The number of aromatic nitrogens is 4. The summed E-state index contributed by atoms with van der Waals surface area (Å²) in [6.07, 6.45) is -0.764. The molecule has 3 aromatic rings. The first-order valence-electron chi connectivity index (χ1n) is 9.59. The molecule has 1 saturated heterocycles. The van der Waals surface area contributed by atoms with Crippen molar-refractivity contribution in [2.24, 2.45) is 5.41 Å². The Labute approximate surface area is 175 Å². The van der Waals surface area contributed by atoms with Gasteiger partial charge in [-0.3, -0.25) is 0 Å². The van der Waals surface area contributed by atoms with E-state index < -0.39 is 11.9 Å². The largest absolute Gasteiger partial charge is 0.433 e. The Bertz CT molecular complexity index is 1080. The van der Waals surface area contributed by atoms with E-state index in [0.29, 0.717) is 29.8 Å². The van der Waals surface area contributed by atoms with Gasteiger partial charge < -0.3 is 9.42 Å². The molecule has 1 aliphatic carbocycles. The molecule has 1 aromatic carbocycles. The van der Waals surface area contributed by atoms with Crippen molar-refractivity contribution >= 4 is 17.5 Å². The molecule has 6 nitrogen and oxygen atoms in total. The second kappa shape index (κ2) is 6.94. The fourth-order valence-corrected chi connectivity index (χ4v) is 4.37. The molecule has 2 aromatic heterocycles. The number of rotatable bonds is 3. The molecule has 2 fully saturated rings. The fraction of sp³-hybridized carbons (Fsp3) is 0.400. The van der Waals surface area contributed by atoms with Gasteiger partial charge in [0.25, 0.3) is 0 Å². The number of halogens is 4. The molecule has 2 aliphatic rings. The van der Waals surface area contributed by atoms with Crippen LogP contribution in [-0.4, -0.2) is 33.2 Å². The normalized spacial score (nSPS) is 20.5. The highest BCUT2D eigenvalue weighted by atomic mass is 35.5. The van der Waals surface area contributed by atoms with Crippen molar-refractivity contribution in [2.75, 3.05) is 18.0 Å². The average molecular weight is 436 g/mol. The first-order chi connectivity index (χ1) is 14.3. The minimum Gasteiger partial charge on any atom is -0.341 e. The number of nitrogens with zero attached hydrogens (tertiary/aromatic N) is 5. The standard InChI is InChI=1S/C20H17ClF3N5O/c21-13-3-1-2-12(10-13)16-27-17(30-28-16)14-11-19(14)5-8-29(9-6-19)18-25-7-4-15(26-18)20(22,23)24/h1-4,7,10,14H,5-6,8-9,11H2. The second-order valence-corrected chi connectivity index (χ2v) is 8.25. The highest BCUT2D eigenvalue weighted by Crippen LogP contribution is 2.64. The van der Waals surface area contributed by atoms with Gasteiger partial charge in [-0.15, -0.1) is 0 Å². The molecule has 10 heteroatoms. The number of alkyl halides is 3. The molecule has 1 saturated carbocycles. The van der Waals surface area contributed by atoms with E-state index in [9.17, 15) is 13.2 Å². The lowest BCUT2D eigenvalue weighted by Crippen LogP contribution is -2.36. The van der Waals surface area contributed by atoms with Crippen LogP contribution < -0.4 is 4.90 Å². The molecular formula is C20H17ClF3N5O. The summed E-state index contributed by atoms with van der Waals surface area (Å²) in [5, 5.41) is 4.68. The lowest BCUT2D eigenvalue weighted by molar-refractivity contribution is -0.141. The molecule has 0 bridgehead atoms. The van der Waals surface area contributed by atoms with Crippen LogP contribution in [0.2, 0.25) is 5.02 Å². The molecule has 5 rings (SSSR count). The lowest BCUT2D eigenvalue weighted by Gasteiger charge is -2.32. The van der Waals surface area contributed by atoms with Gasteiger partial charge in [-0.05, 0) is 42.9 Å². The summed E-state index contributed by atoms with van der Waals surface area (Å²) in [7, 11) is 0. The van der Waals surface area contributed by atoms with E-state index in [0.717, 1.165) is 37.1 Å². The van der Waals surface area contributed by atoms with Crippen molar-refractivity contribution < 1.29 is 17.7 Å². The zero-order valence-corrected chi connectivity index (χ0v) is 16.5. The van der Waals surface area contributed by atoms with Gasteiger partial charge in [0.15, 0.2) is 0 Å². The molecule has 156 valence electrons. The second-order valence-electron chi connectivity index (χ2n) is 7.81. The van der Waals surface area contributed by atoms with Crippen molar-refractivity contribution in [1.82, 2.24) is 20.1 Å². The van der Waals surface area contributed by atoms with Gasteiger partial charge in [0.05, 0.1) is 0 Å². The van der Waals surface area contributed by atoms with Crippen LogP contribution >= 0.6 is 11.6 Å². The van der Waals surface area contributed by atoms with E-state index in [1.54, 1.807) is 17.0 Å². The van der Waals surface area contributed by atoms with Gasteiger partial charge in [-0.1, -0.05) is 28.9 Å². The minimum atomic E-state index is -4.48. The van der Waals surface area contributed by atoms with E-state index >= 15 is 0 Å². The Kier molecular flexibility index (Phi) is 4.46. The van der Waals surface area contributed by atoms with E-state index in [1.165, 1.54) is 0 Å². The Morgan fingerprint density at radius 1 is 1.13 bits per heavy atom. The summed E-state index contributed by atoms with van der Waals surface area (Å²) >= 11 is 6.03. The molecule has 1 spiro atoms. The Balaban J connectivity index is 1.26. The molecule has 0 N–H and O–H groups in total. The molecule has 3 heterocycles. The van der Waals surface area contributed by atoms with Gasteiger partial charge in [-0.25, -0.2) is 9.97 Å². The zero-order valence-electron chi connectivity index (χ0n) is 15.7. The molecule has 1 aliphatic heterocycles. The summed E-state index contributed by atoms with van der Waals surface area (Å²) < 4.78 is 44.3. The SMILES string of the molecule is FC(F)(F)c1ccnc(N2CCC3(CC2)CC3c2nc(-c3cccc(Cl)c3)no2)n1. The fourth-order valence-electron chi connectivity index (χ4n) is 4.18. The third kappa shape index (κ3) is 3.51. The van der Waals surface area contributed by atoms with Crippen LogP contribution in [0.5, 0.6) is 0 Å². The van der Waals surface area contributed by atoms with Crippen molar-refractivity contribution in [3.63, 3.8) is 0 Å². The molecule has 1 atom stereocenters. The Morgan fingerprint density at radius 3 is 2.67 bits per heavy atom. The first kappa shape index (κ1) is 19.3. The molecular weight excluding hydrogens is 419 g/mol. The summed E-state index contributed by atoms with van der Waals surface area (Å²) in [6, 6.07) is 8.16. The van der Waals surface area contributed by atoms with Gasteiger partial charge in [0.2, 0.25) is 17.7 Å². The maximum Gasteiger partial charge on any atom is 0.433 e.